The fourth-order valence-corrected chi connectivity index (χ4v) is 3.84. The van der Waals surface area contributed by atoms with Crippen LogP contribution in [0.4, 0.5) is 0 Å². The van der Waals surface area contributed by atoms with Crippen LogP contribution in [0.1, 0.15) is 36.9 Å². The normalized spacial score (nSPS) is 23.0. The quantitative estimate of drug-likeness (QED) is 0.846. The van der Waals surface area contributed by atoms with Crippen molar-refractivity contribution in [1.82, 2.24) is 4.72 Å². The molecule has 0 heterocycles. The molecule has 0 saturated carbocycles. The molecule has 18 heavy (non-hydrogen) atoms. The lowest BCUT2D eigenvalue weighted by molar-refractivity contribution is 0.516. The molecule has 5 heteroatoms. The maximum absolute atomic E-state index is 11.9. The molecule has 0 aromatic heterocycles. The molecule has 0 radical (unpaired) electrons. The van der Waals surface area contributed by atoms with Gasteiger partial charge in [0.15, 0.2) is 0 Å². The zero-order valence-electron chi connectivity index (χ0n) is 10.6. The Morgan fingerprint density at radius 3 is 2.83 bits per heavy atom. The van der Waals surface area contributed by atoms with Crippen molar-refractivity contribution in [2.45, 2.75) is 38.3 Å². The molecule has 1 aliphatic carbocycles. The van der Waals surface area contributed by atoms with Crippen molar-refractivity contribution in [1.29, 1.82) is 0 Å². The number of sulfonamides is 1. The van der Waals surface area contributed by atoms with Crippen molar-refractivity contribution >= 4 is 10.0 Å². The van der Waals surface area contributed by atoms with Crippen LogP contribution in [0.3, 0.4) is 0 Å². The van der Waals surface area contributed by atoms with E-state index in [0.29, 0.717) is 6.42 Å². The summed E-state index contributed by atoms with van der Waals surface area (Å²) in [6.07, 6.45) is 2.28. The van der Waals surface area contributed by atoms with Crippen molar-refractivity contribution in [3.8, 4) is 0 Å². The lowest BCUT2D eigenvalue weighted by Crippen LogP contribution is -2.39. The summed E-state index contributed by atoms with van der Waals surface area (Å²) in [5.74, 6) is 0.175. The van der Waals surface area contributed by atoms with Gasteiger partial charge in [-0.2, -0.15) is 0 Å². The van der Waals surface area contributed by atoms with Crippen molar-refractivity contribution in [2.75, 3.05) is 5.75 Å². The highest BCUT2D eigenvalue weighted by atomic mass is 32.2. The third-order valence-corrected chi connectivity index (χ3v) is 4.79. The van der Waals surface area contributed by atoms with Gasteiger partial charge in [0.1, 0.15) is 0 Å². The standard InChI is InChI=1S/C13H20N2O2S/c1-2-3-8-18(16,17)15-13-11-7-5-4-6-10(11)9-12(13)14/h4-7,12-13,15H,2-3,8-9,14H2,1H3. The predicted octanol–water partition coefficient (Wildman–Crippen LogP) is 1.33. The maximum Gasteiger partial charge on any atom is 0.212 e. The van der Waals surface area contributed by atoms with Gasteiger partial charge in [-0.15, -0.1) is 0 Å². The van der Waals surface area contributed by atoms with Gasteiger partial charge in [0.25, 0.3) is 0 Å². The van der Waals surface area contributed by atoms with Crippen LogP contribution in [0.2, 0.25) is 0 Å². The second-order valence-corrected chi connectivity index (χ2v) is 6.71. The van der Waals surface area contributed by atoms with Crippen LogP contribution in [0.25, 0.3) is 0 Å². The second-order valence-electron chi connectivity index (χ2n) is 4.83. The van der Waals surface area contributed by atoms with Crippen LogP contribution in [0.15, 0.2) is 24.3 Å². The Morgan fingerprint density at radius 1 is 1.39 bits per heavy atom. The number of fused-ring (bicyclic) bond motifs is 1. The van der Waals surface area contributed by atoms with E-state index in [2.05, 4.69) is 4.72 Å². The third-order valence-electron chi connectivity index (χ3n) is 3.35. The van der Waals surface area contributed by atoms with Crippen LogP contribution in [-0.2, 0) is 16.4 Å². The maximum atomic E-state index is 11.9. The summed E-state index contributed by atoms with van der Waals surface area (Å²) in [6.45, 7) is 1.98. The van der Waals surface area contributed by atoms with Gasteiger partial charge in [-0.3, -0.25) is 0 Å². The lowest BCUT2D eigenvalue weighted by atomic mass is 10.1. The van der Waals surface area contributed by atoms with Gasteiger partial charge in [-0.1, -0.05) is 37.6 Å². The Kier molecular flexibility index (Phi) is 4.04. The van der Waals surface area contributed by atoms with E-state index < -0.39 is 10.0 Å². The number of nitrogens with one attached hydrogen (secondary N) is 1. The highest BCUT2D eigenvalue weighted by Crippen LogP contribution is 2.30. The minimum Gasteiger partial charge on any atom is -0.326 e. The Hall–Kier alpha value is -0.910. The molecule has 0 spiro atoms. The molecular formula is C13H20N2O2S. The van der Waals surface area contributed by atoms with Crippen molar-refractivity contribution in [3.63, 3.8) is 0 Å². The fraction of sp³-hybridized carbons (Fsp3) is 0.538. The Morgan fingerprint density at radius 2 is 2.11 bits per heavy atom. The summed E-state index contributed by atoms with van der Waals surface area (Å²) >= 11 is 0. The number of hydrogen-bond acceptors (Lipinski definition) is 3. The van der Waals surface area contributed by atoms with E-state index in [1.807, 2.05) is 31.2 Å². The number of rotatable bonds is 5. The van der Waals surface area contributed by atoms with Crippen LogP contribution < -0.4 is 10.5 Å². The van der Waals surface area contributed by atoms with Crippen LogP contribution in [0.5, 0.6) is 0 Å². The average Bonchev–Trinajstić information content (AvgIpc) is 2.63. The SMILES string of the molecule is CCCCS(=O)(=O)NC1c2ccccc2CC1N. The first kappa shape index (κ1) is 13.5. The summed E-state index contributed by atoms with van der Waals surface area (Å²) < 4.78 is 26.6. The van der Waals surface area contributed by atoms with Crippen LogP contribution >= 0.6 is 0 Å². The molecule has 3 N–H and O–H groups in total. The summed E-state index contributed by atoms with van der Waals surface area (Å²) in [5.41, 5.74) is 8.20. The minimum absolute atomic E-state index is 0.168. The highest BCUT2D eigenvalue weighted by molar-refractivity contribution is 7.89. The largest absolute Gasteiger partial charge is 0.326 e. The molecule has 2 unspecified atom stereocenters. The van der Waals surface area contributed by atoms with E-state index in [1.54, 1.807) is 0 Å². The van der Waals surface area contributed by atoms with Gasteiger partial charge in [-0.25, -0.2) is 13.1 Å². The van der Waals surface area contributed by atoms with E-state index in [-0.39, 0.29) is 17.8 Å². The second kappa shape index (κ2) is 5.38. The van der Waals surface area contributed by atoms with Crippen molar-refractivity contribution < 1.29 is 8.42 Å². The minimum atomic E-state index is -3.23. The molecule has 0 fully saturated rings. The van der Waals surface area contributed by atoms with Crippen LogP contribution in [0, 0.1) is 0 Å². The number of hydrogen-bond donors (Lipinski definition) is 2. The van der Waals surface area contributed by atoms with E-state index in [9.17, 15) is 8.42 Å². The fourth-order valence-electron chi connectivity index (χ4n) is 2.36. The molecule has 4 nitrogen and oxygen atoms in total. The summed E-state index contributed by atoms with van der Waals surface area (Å²) in [5, 5.41) is 0. The Bertz CT molecular complexity index is 513. The molecule has 2 rings (SSSR count). The van der Waals surface area contributed by atoms with E-state index in [1.165, 1.54) is 0 Å². The topological polar surface area (TPSA) is 72.2 Å². The molecular weight excluding hydrogens is 248 g/mol. The van der Waals surface area contributed by atoms with E-state index in [4.69, 9.17) is 5.73 Å². The summed E-state index contributed by atoms with van der Waals surface area (Å²) in [6, 6.07) is 7.40. The van der Waals surface area contributed by atoms with Gasteiger partial charge >= 0.3 is 0 Å². The number of unbranched alkanes of at least 4 members (excludes halogenated alkanes) is 1. The lowest BCUT2D eigenvalue weighted by Gasteiger charge is -2.18. The smallest absolute Gasteiger partial charge is 0.212 e. The summed E-state index contributed by atoms with van der Waals surface area (Å²) in [4.78, 5) is 0. The zero-order valence-corrected chi connectivity index (χ0v) is 11.4. The molecule has 0 bridgehead atoms. The molecule has 2 atom stereocenters. The van der Waals surface area contributed by atoms with Gasteiger partial charge < -0.3 is 5.73 Å². The molecule has 100 valence electrons. The first-order chi connectivity index (χ1) is 8.53. The van der Waals surface area contributed by atoms with E-state index >= 15 is 0 Å². The van der Waals surface area contributed by atoms with E-state index in [0.717, 1.165) is 24.0 Å². The number of benzene rings is 1. The summed E-state index contributed by atoms with van der Waals surface area (Å²) in [7, 11) is -3.23. The molecule has 0 amide bonds. The molecule has 1 aromatic rings. The first-order valence-electron chi connectivity index (χ1n) is 6.37. The Labute approximate surface area is 109 Å². The van der Waals surface area contributed by atoms with Crippen molar-refractivity contribution in [3.05, 3.63) is 35.4 Å². The predicted molar refractivity (Wildman–Crippen MR) is 72.7 cm³/mol. The average molecular weight is 268 g/mol. The van der Waals surface area contributed by atoms with Gasteiger partial charge in [-0.05, 0) is 24.0 Å². The first-order valence-corrected chi connectivity index (χ1v) is 8.02. The highest BCUT2D eigenvalue weighted by Gasteiger charge is 2.32. The molecule has 1 aromatic carbocycles. The van der Waals surface area contributed by atoms with Gasteiger partial charge in [0, 0.05) is 6.04 Å². The molecule has 0 saturated heterocycles. The third kappa shape index (κ3) is 2.91. The van der Waals surface area contributed by atoms with Gasteiger partial charge in [0.2, 0.25) is 10.0 Å². The van der Waals surface area contributed by atoms with Crippen molar-refractivity contribution in [2.24, 2.45) is 5.73 Å². The monoisotopic (exact) mass is 268 g/mol. The zero-order chi connectivity index (χ0) is 13.2. The van der Waals surface area contributed by atoms with Crippen LogP contribution in [-0.4, -0.2) is 20.2 Å². The molecule has 1 aliphatic rings. The Balaban J connectivity index is 2.15. The van der Waals surface area contributed by atoms with Gasteiger partial charge in [0.05, 0.1) is 11.8 Å². The number of nitrogens with two attached hydrogens (primary N) is 1. The molecule has 0 aliphatic heterocycles.